The quantitative estimate of drug-likeness (QED) is 0.854. The van der Waals surface area contributed by atoms with Gasteiger partial charge in [0.05, 0.1) is 0 Å². The van der Waals surface area contributed by atoms with Gasteiger partial charge in [-0.2, -0.15) is 8.75 Å². The number of anilines is 2. The van der Waals surface area contributed by atoms with Gasteiger partial charge in [0.15, 0.2) is 0 Å². The van der Waals surface area contributed by atoms with Gasteiger partial charge in [0, 0.05) is 55.7 Å². The summed E-state index contributed by atoms with van der Waals surface area (Å²) < 4.78 is 8.78. The van der Waals surface area contributed by atoms with Gasteiger partial charge in [-0.1, -0.05) is 13.8 Å². The minimum absolute atomic E-state index is 0.600. The summed E-state index contributed by atoms with van der Waals surface area (Å²) in [6.07, 6.45) is 2.07. The topological polar surface area (TPSA) is 58.0 Å². The van der Waals surface area contributed by atoms with Crippen molar-refractivity contribution in [3.63, 3.8) is 0 Å². The van der Waals surface area contributed by atoms with Gasteiger partial charge in [-0.25, -0.2) is 9.97 Å². The molecule has 120 valence electrons. The largest absolute Gasteiger partial charge is 0.345 e. The van der Waals surface area contributed by atoms with Crippen molar-refractivity contribution in [2.75, 3.05) is 36.0 Å². The van der Waals surface area contributed by atoms with Gasteiger partial charge < -0.3 is 9.80 Å². The highest BCUT2D eigenvalue weighted by molar-refractivity contribution is 7.10. The highest BCUT2D eigenvalue weighted by atomic mass is 32.1. The Bertz CT molecular complexity index is 608. The zero-order valence-electron chi connectivity index (χ0n) is 13.3. The summed E-state index contributed by atoms with van der Waals surface area (Å²) in [6, 6.07) is 0. The molecule has 0 atom stereocenters. The lowest BCUT2D eigenvalue weighted by molar-refractivity contribution is 0.626. The molecule has 8 heteroatoms. The lowest BCUT2D eigenvalue weighted by atomic mass is 10.1. The van der Waals surface area contributed by atoms with Crippen LogP contribution in [0, 0.1) is 12.8 Å². The predicted octanol–water partition coefficient (Wildman–Crippen LogP) is 2.61. The standard InChI is InChI=1S/C14H22N6S2/c1-10(2)9-12-16-14(22-18-12)20-6-4-5-19(7-8-20)13-15-11(3)17-21-13/h10H,4-9H2,1-3H3. The lowest BCUT2D eigenvalue weighted by Gasteiger charge is -2.20. The molecule has 0 unspecified atom stereocenters. The number of aromatic nitrogens is 4. The molecule has 0 amide bonds. The van der Waals surface area contributed by atoms with Crippen LogP contribution < -0.4 is 9.80 Å². The first kappa shape index (κ1) is 15.6. The molecule has 0 radical (unpaired) electrons. The molecule has 1 fully saturated rings. The maximum absolute atomic E-state index is 4.71. The Balaban J connectivity index is 1.63. The molecule has 0 spiro atoms. The highest BCUT2D eigenvalue weighted by Crippen LogP contribution is 2.23. The molecule has 0 bridgehead atoms. The van der Waals surface area contributed by atoms with Gasteiger partial charge in [0.2, 0.25) is 10.3 Å². The van der Waals surface area contributed by atoms with Gasteiger partial charge in [-0.05, 0) is 19.3 Å². The zero-order chi connectivity index (χ0) is 15.5. The van der Waals surface area contributed by atoms with Crippen LogP contribution in [0.25, 0.3) is 0 Å². The number of hydrogen-bond acceptors (Lipinski definition) is 8. The minimum Gasteiger partial charge on any atom is -0.345 e. The van der Waals surface area contributed by atoms with Crippen molar-refractivity contribution in [1.29, 1.82) is 0 Å². The fourth-order valence-corrected chi connectivity index (χ4v) is 4.01. The van der Waals surface area contributed by atoms with Crippen molar-refractivity contribution >= 4 is 33.3 Å². The molecule has 3 heterocycles. The van der Waals surface area contributed by atoms with Crippen LogP contribution in [0.4, 0.5) is 10.3 Å². The van der Waals surface area contributed by atoms with E-state index in [2.05, 4.69) is 37.4 Å². The Labute approximate surface area is 139 Å². The first-order valence-corrected chi connectivity index (χ1v) is 9.29. The molecule has 1 saturated heterocycles. The van der Waals surface area contributed by atoms with Gasteiger partial charge in [-0.3, -0.25) is 0 Å². The number of rotatable bonds is 4. The van der Waals surface area contributed by atoms with Gasteiger partial charge in [0.1, 0.15) is 11.6 Å². The second-order valence-electron chi connectivity index (χ2n) is 6.04. The van der Waals surface area contributed by atoms with Crippen molar-refractivity contribution in [3.05, 3.63) is 11.6 Å². The van der Waals surface area contributed by atoms with E-state index in [9.17, 15) is 0 Å². The van der Waals surface area contributed by atoms with Crippen LogP contribution >= 0.6 is 23.1 Å². The average molecular weight is 339 g/mol. The first-order chi connectivity index (χ1) is 10.6. The second kappa shape index (κ2) is 6.87. The van der Waals surface area contributed by atoms with E-state index in [1.807, 2.05) is 6.92 Å². The highest BCUT2D eigenvalue weighted by Gasteiger charge is 2.20. The maximum Gasteiger partial charge on any atom is 0.205 e. The van der Waals surface area contributed by atoms with Crippen LogP contribution in [0.15, 0.2) is 0 Å². The maximum atomic E-state index is 4.71. The van der Waals surface area contributed by atoms with Crippen molar-refractivity contribution in [1.82, 2.24) is 18.7 Å². The molecule has 0 saturated carbocycles. The van der Waals surface area contributed by atoms with Crippen molar-refractivity contribution < 1.29 is 0 Å². The first-order valence-electron chi connectivity index (χ1n) is 7.74. The molecule has 3 rings (SSSR count). The summed E-state index contributed by atoms with van der Waals surface area (Å²) >= 11 is 3.02. The lowest BCUT2D eigenvalue weighted by Crippen LogP contribution is -2.30. The number of aryl methyl sites for hydroxylation is 1. The van der Waals surface area contributed by atoms with Crippen LogP contribution in [-0.2, 0) is 6.42 Å². The van der Waals surface area contributed by atoms with Crippen LogP contribution in [0.1, 0.15) is 31.9 Å². The fraction of sp³-hybridized carbons (Fsp3) is 0.714. The molecule has 2 aromatic rings. The molecule has 0 aromatic carbocycles. The Morgan fingerprint density at radius 3 is 2.18 bits per heavy atom. The fourth-order valence-electron chi connectivity index (χ4n) is 2.54. The van der Waals surface area contributed by atoms with Crippen LogP contribution in [0.3, 0.4) is 0 Å². The van der Waals surface area contributed by atoms with Gasteiger partial charge in [0.25, 0.3) is 0 Å². The molecule has 1 aliphatic heterocycles. The number of nitrogens with zero attached hydrogens (tertiary/aromatic N) is 6. The summed E-state index contributed by atoms with van der Waals surface area (Å²) in [4.78, 5) is 13.9. The van der Waals surface area contributed by atoms with E-state index in [4.69, 9.17) is 4.98 Å². The Kier molecular flexibility index (Phi) is 4.87. The van der Waals surface area contributed by atoms with E-state index in [1.54, 1.807) is 0 Å². The van der Waals surface area contributed by atoms with E-state index in [1.165, 1.54) is 23.1 Å². The Hall–Kier alpha value is -1.28. The van der Waals surface area contributed by atoms with Gasteiger partial charge >= 0.3 is 0 Å². The summed E-state index contributed by atoms with van der Waals surface area (Å²) in [5.74, 6) is 2.45. The van der Waals surface area contributed by atoms with E-state index in [0.29, 0.717) is 5.92 Å². The third-order valence-corrected chi connectivity index (χ3v) is 5.29. The smallest absolute Gasteiger partial charge is 0.205 e. The molecule has 22 heavy (non-hydrogen) atoms. The van der Waals surface area contributed by atoms with Crippen molar-refractivity contribution in [2.24, 2.45) is 5.92 Å². The second-order valence-corrected chi connectivity index (χ2v) is 7.50. The summed E-state index contributed by atoms with van der Waals surface area (Å²) in [7, 11) is 0. The zero-order valence-corrected chi connectivity index (χ0v) is 15.0. The Morgan fingerprint density at radius 2 is 1.59 bits per heavy atom. The van der Waals surface area contributed by atoms with Crippen LogP contribution in [0.2, 0.25) is 0 Å². The van der Waals surface area contributed by atoms with Crippen LogP contribution in [0.5, 0.6) is 0 Å². The molecule has 0 aliphatic carbocycles. The summed E-state index contributed by atoms with van der Waals surface area (Å²) in [5, 5.41) is 2.10. The predicted molar refractivity (Wildman–Crippen MR) is 92.1 cm³/mol. The Morgan fingerprint density at radius 1 is 0.955 bits per heavy atom. The van der Waals surface area contributed by atoms with Crippen molar-refractivity contribution in [2.45, 2.75) is 33.6 Å². The molecule has 2 aromatic heterocycles. The molecular weight excluding hydrogens is 316 g/mol. The van der Waals surface area contributed by atoms with Gasteiger partial charge in [-0.15, -0.1) is 0 Å². The molecule has 0 N–H and O–H groups in total. The van der Waals surface area contributed by atoms with E-state index >= 15 is 0 Å². The minimum atomic E-state index is 0.600. The molecule has 1 aliphatic rings. The number of hydrogen-bond donors (Lipinski definition) is 0. The molecular formula is C14H22N6S2. The third kappa shape index (κ3) is 3.73. The summed E-state index contributed by atoms with van der Waals surface area (Å²) in [6.45, 7) is 10.3. The van der Waals surface area contributed by atoms with Crippen LogP contribution in [-0.4, -0.2) is 44.9 Å². The SMILES string of the molecule is Cc1nsc(N2CCCN(c3nc(CC(C)C)ns3)CC2)n1. The third-order valence-electron chi connectivity index (χ3n) is 3.60. The average Bonchev–Trinajstić information content (AvgIpc) is 3.02. The molecule has 6 nitrogen and oxygen atoms in total. The normalized spacial score (nSPS) is 16.4. The van der Waals surface area contributed by atoms with Crippen molar-refractivity contribution in [3.8, 4) is 0 Å². The van der Waals surface area contributed by atoms with E-state index in [-0.39, 0.29) is 0 Å². The van der Waals surface area contributed by atoms with E-state index in [0.717, 1.165) is 60.9 Å². The monoisotopic (exact) mass is 338 g/mol. The van der Waals surface area contributed by atoms with E-state index < -0.39 is 0 Å². The summed E-state index contributed by atoms with van der Waals surface area (Å²) in [5.41, 5.74) is 0.